The van der Waals surface area contributed by atoms with Crippen molar-refractivity contribution in [1.29, 1.82) is 0 Å². The van der Waals surface area contributed by atoms with Crippen molar-refractivity contribution in [1.82, 2.24) is 24.6 Å². The summed E-state index contributed by atoms with van der Waals surface area (Å²) < 4.78 is 60.1. The third-order valence-electron chi connectivity index (χ3n) is 6.27. The molecule has 0 radical (unpaired) electrons. The molecule has 1 aromatic carbocycles. The van der Waals surface area contributed by atoms with Gasteiger partial charge in [0, 0.05) is 50.2 Å². The van der Waals surface area contributed by atoms with E-state index in [1.165, 1.54) is 12.3 Å². The number of carbonyl (C=O) groups is 1. The molecule has 4 rings (SSSR count). The molecule has 214 valence electrons. The molecule has 0 saturated heterocycles. The van der Waals surface area contributed by atoms with Gasteiger partial charge in [0.25, 0.3) is 5.91 Å². The molecule has 1 aliphatic heterocycles. The lowest BCUT2D eigenvalue weighted by Crippen LogP contribution is -2.29. The molecule has 2 aromatic heterocycles. The number of ether oxygens (including phenoxy) is 1. The third kappa shape index (κ3) is 7.05. The number of carbonyl (C=O) groups excluding carboxylic acids is 1. The molecule has 1 amide bonds. The van der Waals surface area contributed by atoms with E-state index in [0.29, 0.717) is 18.8 Å². The van der Waals surface area contributed by atoms with Crippen LogP contribution in [0.2, 0.25) is 0 Å². The molecule has 10 nitrogen and oxygen atoms in total. The Morgan fingerprint density at radius 1 is 1.18 bits per heavy atom. The number of nitrogens with zero attached hydrogens (tertiary/aromatic N) is 6. The van der Waals surface area contributed by atoms with Crippen LogP contribution in [-0.4, -0.2) is 71.2 Å². The van der Waals surface area contributed by atoms with Crippen LogP contribution in [0, 0.1) is 0 Å². The summed E-state index contributed by atoms with van der Waals surface area (Å²) in [6.45, 7) is 4.73. The minimum Gasteiger partial charge on any atom is -0.403 e. The molecule has 0 spiro atoms. The maximum absolute atomic E-state index is 13.6. The molecule has 3 heterocycles. The molecule has 0 unspecified atom stereocenters. The Hall–Kier alpha value is -4.20. The predicted molar refractivity (Wildman–Crippen MR) is 143 cm³/mol. The number of amides is 1. The second kappa shape index (κ2) is 11.9. The third-order valence-corrected chi connectivity index (χ3v) is 6.27. The molecule has 0 bridgehead atoms. The Kier molecular flexibility index (Phi) is 8.57. The fourth-order valence-electron chi connectivity index (χ4n) is 4.28. The van der Waals surface area contributed by atoms with Crippen molar-refractivity contribution in [2.24, 2.45) is 0 Å². The van der Waals surface area contributed by atoms with Gasteiger partial charge in [0.2, 0.25) is 5.95 Å². The number of halogens is 4. The van der Waals surface area contributed by atoms with Crippen molar-refractivity contribution in [3.05, 3.63) is 48.7 Å². The van der Waals surface area contributed by atoms with Crippen LogP contribution in [0.3, 0.4) is 0 Å². The first-order chi connectivity index (χ1) is 18.9. The summed E-state index contributed by atoms with van der Waals surface area (Å²) >= 11 is 0. The molecule has 0 saturated carbocycles. The van der Waals surface area contributed by atoms with E-state index in [1.54, 1.807) is 24.2 Å². The highest BCUT2D eigenvalue weighted by atomic mass is 19.4. The largest absolute Gasteiger partial charge is 0.573 e. The molecular weight excluding hydrogens is 532 g/mol. The fraction of sp³-hybridized carbons (Fsp3) is 0.385. The molecule has 14 heteroatoms. The van der Waals surface area contributed by atoms with Gasteiger partial charge in [0.1, 0.15) is 0 Å². The highest BCUT2D eigenvalue weighted by Gasteiger charge is 2.33. The van der Waals surface area contributed by atoms with E-state index in [2.05, 4.69) is 37.0 Å². The lowest BCUT2D eigenvalue weighted by Gasteiger charge is -2.26. The summed E-state index contributed by atoms with van der Waals surface area (Å²) in [7, 11) is 5.30. The lowest BCUT2D eigenvalue weighted by atomic mass is 10.0. The molecule has 0 fully saturated rings. The normalized spacial score (nSPS) is 13.1. The van der Waals surface area contributed by atoms with Crippen LogP contribution in [0.15, 0.2) is 43.0 Å². The first-order valence-corrected chi connectivity index (χ1v) is 12.5. The fourth-order valence-corrected chi connectivity index (χ4v) is 4.28. The summed E-state index contributed by atoms with van der Waals surface area (Å²) in [5.74, 6) is -3.00. The number of anilines is 4. The first kappa shape index (κ1) is 28.8. The number of aryl methyl sites for hydroxylation is 1. The molecule has 1 aliphatic rings. The number of hydrogen-bond acceptors (Lipinski definition) is 8. The van der Waals surface area contributed by atoms with Gasteiger partial charge in [-0.2, -0.15) is 5.10 Å². The molecule has 3 aromatic rings. The maximum atomic E-state index is 13.6. The minimum absolute atomic E-state index is 0.0128. The van der Waals surface area contributed by atoms with Gasteiger partial charge in [-0.25, -0.2) is 14.4 Å². The van der Waals surface area contributed by atoms with E-state index >= 15 is 0 Å². The van der Waals surface area contributed by atoms with Gasteiger partial charge in [0.05, 0.1) is 29.0 Å². The second-order valence-electron chi connectivity index (χ2n) is 9.57. The summed E-state index contributed by atoms with van der Waals surface area (Å²) in [6, 6.07) is 4.01. The van der Waals surface area contributed by atoms with Crippen LogP contribution in [0.1, 0.15) is 18.5 Å². The zero-order valence-corrected chi connectivity index (χ0v) is 22.3. The molecule has 2 N–H and O–H groups in total. The van der Waals surface area contributed by atoms with Gasteiger partial charge < -0.3 is 25.2 Å². The number of fused-ring (bicyclic) bond motifs is 1. The SMILES string of the molecule is C=C(F)C(=O)Nc1cc(Nc2nccc(-c3cnn4c3CCCC4)n2)c(OC(F)(F)F)cc1N(C)CCN(C)C. The van der Waals surface area contributed by atoms with Crippen molar-refractivity contribution in [2.45, 2.75) is 32.2 Å². The Labute approximate surface area is 228 Å². The van der Waals surface area contributed by atoms with Crippen molar-refractivity contribution in [3.63, 3.8) is 0 Å². The number of benzene rings is 1. The summed E-state index contributed by atoms with van der Waals surface area (Å²) in [4.78, 5) is 24.3. The van der Waals surface area contributed by atoms with Crippen molar-refractivity contribution in [2.75, 3.05) is 49.8 Å². The molecular formula is C26H30F4N8O2. The average Bonchev–Trinajstić information content (AvgIpc) is 3.32. The van der Waals surface area contributed by atoms with E-state index in [9.17, 15) is 22.4 Å². The van der Waals surface area contributed by atoms with Gasteiger partial charge in [-0.1, -0.05) is 6.58 Å². The second-order valence-corrected chi connectivity index (χ2v) is 9.57. The number of nitrogens with one attached hydrogen (secondary N) is 2. The molecule has 40 heavy (non-hydrogen) atoms. The summed E-state index contributed by atoms with van der Waals surface area (Å²) in [5.41, 5.74) is 2.38. The Morgan fingerprint density at radius 2 is 1.95 bits per heavy atom. The quantitative estimate of drug-likeness (QED) is 0.270. The maximum Gasteiger partial charge on any atom is 0.573 e. The van der Waals surface area contributed by atoms with E-state index < -0.39 is 23.8 Å². The number of likely N-dealkylation sites (N-methyl/N-ethyl adjacent to an activating group) is 2. The Morgan fingerprint density at radius 3 is 2.65 bits per heavy atom. The smallest absolute Gasteiger partial charge is 0.403 e. The minimum atomic E-state index is -5.02. The van der Waals surface area contributed by atoms with Crippen molar-refractivity contribution < 1.29 is 27.1 Å². The van der Waals surface area contributed by atoms with Gasteiger partial charge in [-0.3, -0.25) is 9.48 Å². The van der Waals surface area contributed by atoms with Gasteiger partial charge in [-0.05, 0) is 45.5 Å². The van der Waals surface area contributed by atoms with E-state index in [-0.39, 0.29) is 23.0 Å². The molecule has 0 aliphatic carbocycles. The number of aromatic nitrogens is 4. The zero-order valence-electron chi connectivity index (χ0n) is 22.3. The van der Waals surface area contributed by atoms with Gasteiger partial charge >= 0.3 is 6.36 Å². The van der Waals surface area contributed by atoms with Gasteiger partial charge in [-0.15, -0.1) is 13.2 Å². The lowest BCUT2D eigenvalue weighted by molar-refractivity contribution is -0.274. The predicted octanol–water partition coefficient (Wildman–Crippen LogP) is 4.74. The van der Waals surface area contributed by atoms with E-state index in [1.807, 2.05) is 23.7 Å². The topological polar surface area (TPSA) is 100 Å². The summed E-state index contributed by atoms with van der Waals surface area (Å²) in [5, 5.41) is 9.55. The zero-order chi connectivity index (χ0) is 29.0. The van der Waals surface area contributed by atoms with E-state index in [4.69, 9.17) is 0 Å². The van der Waals surface area contributed by atoms with Crippen LogP contribution in [-0.2, 0) is 17.8 Å². The molecule has 0 atom stereocenters. The standard InChI is InChI=1S/C26H30F4N8O2/c1-16(27)24(39)33-19-13-20(23(40-26(28,29)30)14-22(19)37(4)12-11-36(2)3)35-25-31-9-8-18(34-25)17-15-32-38-10-6-5-7-21(17)38/h8-9,13-15H,1,5-7,10-12H2,2-4H3,(H,33,39)(H,31,34,35). The highest BCUT2D eigenvalue weighted by molar-refractivity contribution is 6.04. The summed E-state index contributed by atoms with van der Waals surface area (Å²) in [6.07, 6.45) is 1.04. The number of alkyl halides is 3. The first-order valence-electron chi connectivity index (χ1n) is 12.5. The Balaban J connectivity index is 1.74. The van der Waals surface area contributed by atoms with Crippen molar-refractivity contribution >= 4 is 28.9 Å². The van der Waals surface area contributed by atoms with Crippen molar-refractivity contribution in [3.8, 4) is 17.0 Å². The number of rotatable bonds is 10. The Bertz CT molecular complexity index is 1390. The van der Waals surface area contributed by atoms with Crippen LogP contribution in [0.4, 0.5) is 40.6 Å². The van der Waals surface area contributed by atoms with Gasteiger partial charge in [0.15, 0.2) is 11.6 Å². The van der Waals surface area contributed by atoms with E-state index in [0.717, 1.165) is 43.1 Å². The van der Waals surface area contributed by atoms with Crippen LogP contribution < -0.4 is 20.3 Å². The van der Waals surface area contributed by atoms with Crippen LogP contribution in [0.25, 0.3) is 11.3 Å². The number of hydrogen-bond donors (Lipinski definition) is 2. The monoisotopic (exact) mass is 562 g/mol. The average molecular weight is 563 g/mol. The van der Waals surface area contributed by atoms with Crippen LogP contribution >= 0.6 is 0 Å². The highest BCUT2D eigenvalue weighted by Crippen LogP contribution is 2.40. The van der Waals surface area contributed by atoms with Crippen LogP contribution in [0.5, 0.6) is 5.75 Å².